The molecular formula is C37H29BIrN4-2. The second kappa shape index (κ2) is 12.0. The van der Waals surface area contributed by atoms with Crippen molar-refractivity contribution < 1.29 is 24.2 Å². The molecule has 0 aliphatic carbocycles. The Labute approximate surface area is 271 Å². The van der Waals surface area contributed by atoms with Crippen LogP contribution in [0.2, 0.25) is 0 Å². The maximum Gasteiger partial charge on any atom is 0.233 e. The van der Waals surface area contributed by atoms with Crippen LogP contribution >= 0.6 is 0 Å². The summed E-state index contributed by atoms with van der Waals surface area (Å²) in [5.41, 5.74) is 12.9. The van der Waals surface area contributed by atoms with E-state index >= 15 is 0 Å². The van der Waals surface area contributed by atoms with Gasteiger partial charge >= 0.3 is 0 Å². The molecule has 43 heavy (non-hydrogen) atoms. The van der Waals surface area contributed by atoms with Crippen molar-refractivity contribution in [2.45, 2.75) is 6.85 Å². The van der Waals surface area contributed by atoms with Gasteiger partial charge in [-0.25, -0.2) is 0 Å². The van der Waals surface area contributed by atoms with Crippen molar-refractivity contribution in [3.63, 3.8) is 0 Å². The predicted molar refractivity (Wildman–Crippen MR) is 175 cm³/mol. The van der Waals surface area contributed by atoms with Crippen molar-refractivity contribution in [1.29, 1.82) is 0 Å². The van der Waals surface area contributed by atoms with Gasteiger partial charge in [-0.15, -0.1) is 65.1 Å². The third-order valence-corrected chi connectivity index (χ3v) is 8.00. The Balaban J connectivity index is 0.000000187. The predicted octanol–water partition coefficient (Wildman–Crippen LogP) is 6.08. The van der Waals surface area contributed by atoms with Crippen LogP contribution in [0, 0.1) is 19.0 Å². The van der Waals surface area contributed by atoms with Gasteiger partial charge in [-0.2, -0.15) is 0 Å². The molecule has 0 bridgehead atoms. The van der Waals surface area contributed by atoms with E-state index in [1.54, 1.807) is 18.2 Å². The Morgan fingerprint density at radius 2 is 1.42 bits per heavy atom. The molecule has 6 aromatic rings. The molecule has 2 aliphatic rings. The van der Waals surface area contributed by atoms with Crippen molar-refractivity contribution in [2.75, 3.05) is 23.9 Å². The molecule has 2 aromatic heterocycles. The third kappa shape index (κ3) is 5.18. The summed E-state index contributed by atoms with van der Waals surface area (Å²) in [6, 6.07) is 43.0. The molecule has 0 atom stereocenters. The molecule has 211 valence electrons. The Hall–Kier alpha value is -4.51. The summed E-state index contributed by atoms with van der Waals surface area (Å²) in [4.78, 5) is 13.3. The number of nitrogens with zero attached hydrogens (tertiary/aromatic N) is 4. The normalized spacial score (nSPS) is 13.5. The summed E-state index contributed by atoms with van der Waals surface area (Å²) >= 11 is 0. The summed E-state index contributed by atoms with van der Waals surface area (Å²) in [5, 5.41) is 0. The molecule has 4 heterocycles. The minimum Gasteiger partial charge on any atom is -0.385 e. The Morgan fingerprint density at radius 1 is 0.674 bits per heavy atom. The van der Waals surface area contributed by atoms with Crippen LogP contribution in [0.25, 0.3) is 22.5 Å². The molecule has 0 spiro atoms. The van der Waals surface area contributed by atoms with E-state index in [1.165, 1.54) is 45.3 Å². The number of hydrogen-bond donors (Lipinski definition) is 0. The molecule has 0 fully saturated rings. The first-order valence-electron chi connectivity index (χ1n) is 15.4. The maximum atomic E-state index is 7.23. The molecule has 6 heteroatoms. The maximum absolute atomic E-state index is 7.23. The number of pyridine rings is 2. The summed E-state index contributed by atoms with van der Waals surface area (Å²) in [7, 11) is 4.32. The van der Waals surface area contributed by atoms with E-state index in [1.807, 2.05) is 42.6 Å². The van der Waals surface area contributed by atoms with Crippen molar-refractivity contribution in [3.05, 3.63) is 139 Å². The molecule has 0 saturated heterocycles. The minimum atomic E-state index is -2.09. The Kier molecular flexibility index (Phi) is 6.99. The first kappa shape index (κ1) is 25.0. The van der Waals surface area contributed by atoms with E-state index in [4.69, 9.17) is 4.11 Å². The van der Waals surface area contributed by atoms with Gasteiger partial charge in [-0.3, -0.25) is 0 Å². The average Bonchev–Trinajstić information content (AvgIpc) is 3.08. The fourth-order valence-electron chi connectivity index (χ4n) is 6.00. The number of aryl methyl sites for hydroxylation is 1. The van der Waals surface area contributed by atoms with Crippen LogP contribution in [0.1, 0.15) is 9.68 Å². The van der Waals surface area contributed by atoms with Crippen LogP contribution in [-0.4, -0.2) is 30.8 Å². The van der Waals surface area contributed by atoms with Crippen LogP contribution in [0.4, 0.5) is 22.7 Å². The van der Waals surface area contributed by atoms with Crippen LogP contribution in [0.15, 0.2) is 122 Å². The zero-order valence-corrected chi connectivity index (χ0v) is 26.1. The number of rotatable bonds is 2. The minimum absolute atomic E-state index is 0. The standard InChI is InChI=1S/C25H19BN3.C12H10N.Ir/c1-28-21-10-4-3-8-18(21)26-19-16-17(20-9-5-6-15-27-20)13-14-22(19)29(2)24-12-7-11-23(28)25(24)26;1-10-7-8-12(13-9-10)11-5-3-2-4-6-11;/h3-12,14-16H,1-2H3;2-5,7-9H,1H3;/q2*-1;/i;1D3;. The number of hydrogen-bond acceptors (Lipinski definition) is 4. The van der Waals surface area contributed by atoms with Gasteiger partial charge in [0.15, 0.2) is 0 Å². The van der Waals surface area contributed by atoms with E-state index in [-0.39, 0.29) is 32.4 Å². The van der Waals surface area contributed by atoms with E-state index in [0.717, 1.165) is 22.5 Å². The van der Waals surface area contributed by atoms with Gasteiger partial charge in [-0.05, 0) is 64.7 Å². The van der Waals surface area contributed by atoms with Gasteiger partial charge in [0.25, 0.3) is 0 Å². The fraction of sp³-hybridized carbons (Fsp3) is 0.0811. The first-order valence-corrected chi connectivity index (χ1v) is 13.9. The zero-order chi connectivity index (χ0) is 31.1. The van der Waals surface area contributed by atoms with Gasteiger partial charge < -0.3 is 19.8 Å². The molecule has 0 unspecified atom stereocenters. The SMILES string of the molecule is CN1c2c[c-]c(-c3ccccn3)cc2B2c3ccccc3N(C)c3cccc1c32.[2H]C([2H])([2H])c1ccc(-c2[c-]cccc2)nc1.[Ir]. The smallest absolute Gasteiger partial charge is 0.233 e. The van der Waals surface area contributed by atoms with Crippen LogP contribution in [0.3, 0.4) is 0 Å². The largest absolute Gasteiger partial charge is 0.385 e. The second-order valence-electron chi connectivity index (χ2n) is 10.4. The molecule has 2 aliphatic heterocycles. The van der Waals surface area contributed by atoms with E-state index in [2.05, 4.69) is 101 Å². The van der Waals surface area contributed by atoms with Gasteiger partial charge in [-0.1, -0.05) is 48.5 Å². The topological polar surface area (TPSA) is 32.3 Å². The second-order valence-corrected chi connectivity index (χ2v) is 10.4. The van der Waals surface area contributed by atoms with E-state index in [0.29, 0.717) is 0 Å². The van der Waals surface area contributed by atoms with Gasteiger partial charge in [0.1, 0.15) is 0 Å². The third-order valence-electron chi connectivity index (χ3n) is 8.00. The first-order chi connectivity index (χ1) is 21.8. The number of para-hydroxylation sites is 1. The molecule has 0 N–H and O–H groups in total. The van der Waals surface area contributed by atoms with Crippen molar-refractivity contribution >= 4 is 45.9 Å². The molecule has 4 nitrogen and oxygen atoms in total. The monoisotopic (exact) mass is 736 g/mol. The number of anilines is 4. The summed E-state index contributed by atoms with van der Waals surface area (Å²) < 4.78 is 21.7. The quantitative estimate of drug-likeness (QED) is 0.160. The van der Waals surface area contributed by atoms with Crippen molar-refractivity contribution in [2.24, 2.45) is 0 Å². The summed E-state index contributed by atoms with van der Waals surface area (Å²) in [6.07, 6.45) is 3.23. The number of aromatic nitrogens is 2. The Morgan fingerprint density at radius 3 is 2.14 bits per heavy atom. The van der Waals surface area contributed by atoms with Crippen LogP contribution in [-0.2, 0) is 20.1 Å². The van der Waals surface area contributed by atoms with Crippen LogP contribution < -0.4 is 26.2 Å². The molecule has 0 saturated carbocycles. The number of benzene rings is 4. The Bertz CT molecular complexity index is 1970. The summed E-state index contributed by atoms with van der Waals surface area (Å²) in [5.74, 6) is 0. The molecule has 1 radical (unpaired) electrons. The fourth-order valence-corrected chi connectivity index (χ4v) is 6.00. The molecule has 8 rings (SSSR count). The van der Waals surface area contributed by atoms with E-state index in [9.17, 15) is 0 Å². The summed E-state index contributed by atoms with van der Waals surface area (Å²) in [6.45, 7) is -1.89. The van der Waals surface area contributed by atoms with Gasteiger partial charge in [0.05, 0.1) is 0 Å². The van der Waals surface area contributed by atoms with Crippen molar-refractivity contribution in [3.8, 4) is 22.5 Å². The van der Waals surface area contributed by atoms with Gasteiger partial charge in [0, 0.05) is 67.8 Å². The number of fused-ring (bicyclic) bond motifs is 4. The van der Waals surface area contributed by atoms with Crippen LogP contribution in [0.5, 0.6) is 0 Å². The average molecular weight is 736 g/mol. The van der Waals surface area contributed by atoms with Crippen molar-refractivity contribution in [1.82, 2.24) is 9.97 Å². The molecular weight excluding hydrogens is 703 g/mol. The molecule has 4 aromatic carbocycles. The van der Waals surface area contributed by atoms with E-state index < -0.39 is 6.85 Å². The van der Waals surface area contributed by atoms with Gasteiger partial charge in [0.2, 0.25) is 6.71 Å². The zero-order valence-electron chi connectivity index (χ0n) is 26.7. The molecule has 0 amide bonds.